The predicted molar refractivity (Wildman–Crippen MR) is 72.8 cm³/mol. The highest BCUT2D eigenvalue weighted by molar-refractivity contribution is 6.04. The van der Waals surface area contributed by atoms with Crippen molar-refractivity contribution in [3.05, 3.63) is 29.6 Å². The van der Waals surface area contributed by atoms with E-state index < -0.39 is 5.92 Å². The van der Waals surface area contributed by atoms with Crippen LogP contribution in [0.4, 0.5) is 10.1 Å². The van der Waals surface area contributed by atoms with Gasteiger partial charge in [-0.3, -0.25) is 9.59 Å². The Morgan fingerprint density at radius 3 is 2.80 bits per heavy atom. The number of rotatable bonds is 2. The number of carbonyl (C=O) groups excluding carboxylic acids is 2. The molecule has 2 aliphatic rings. The van der Waals surface area contributed by atoms with Crippen molar-refractivity contribution in [2.24, 2.45) is 0 Å². The van der Waals surface area contributed by atoms with Gasteiger partial charge in [0.05, 0.1) is 5.92 Å². The van der Waals surface area contributed by atoms with Gasteiger partial charge in [-0.15, -0.1) is 0 Å². The zero-order chi connectivity index (χ0) is 14.1. The number of nitrogens with one attached hydrogen (secondary N) is 1. The third kappa shape index (κ3) is 2.40. The third-order valence-corrected chi connectivity index (χ3v) is 4.05. The van der Waals surface area contributed by atoms with Crippen molar-refractivity contribution in [3.8, 4) is 0 Å². The zero-order valence-corrected chi connectivity index (χ0v) is 11.2. The second-order valence-electron chi connectivity index (χ2n) is 5.42. The molecule has 0 bridgehead atoms. The minimum Gasteiger partial charge on any atom is -0.343 e. The van der Waals surface area contributed by atoms with E-state index in [9.17, 15) is 14.0 Å². The molecular weight excluding hydrogens is 259 g/mol. The van der Waals surface area contributed by atoms with E-state index in [0.29, 0.717) is 11.3 Å². The van der Waals surface area contributed by atoms with Gasteiger partial charge in [0, 0.05) is 25.2 Å². The van der Waals surface area contributed by atoms with Crippen molar-refractivity contribution in [1.29, 1.82) is 0 Å². The summed E-state index contributed by atoms with van der Waals surface area (Å²) < 4.78 is 13.3. The van der Waals surface area contributed by atoms with Gasteiger partial charge in [-0.2, -0.15) is 0 Å². The van der Waals surface area contributed by atoms with Crippen molar-refractivity contribution in [1.82, 2.24) is 4.90 Å². The molecule has 5 heteroatoms. The summed E-state index contributed by atoms with van der Waals surface area (Å²) in [6.07, 6.45) is 3.33. The molecule has 1 saturated heterocycles. The molecule has 4 nitrogen and oxygen atoms in total. The molecule has 2 heterocycles. The lowest BCUT2D eigenvalue weighted by Crippen LogP contribution is -2.36. The maximum absolute atomic E-state index is 13.3. The molecular formula is C15H17FN2O2. The van der Waals surface area contributed by atoms with Crippen LogP contribution < -0.4 is 5.32 Å². The van der Waals surface area contributed by atoms with Gasteiger partial charge in [-0.25, -0.2) is 4.39 Å². The Hall–Kier alpha value is -1.91. The molecule has 1 fully saturated rings. The molecule has 106 valence electrons. The number of hydrogen-bond acceptors (Lipinski definition) is 2. The minimum atomic E-state index is -0.560. The van der Waals surface area contributed by atoms with Crippen molar-refractivity contribution in [3.63, 3.8) is 0 Å². The van der Waals surface area contributed by atoms with Gasteiger partial charge in [0.15, 0.2) is 0 Å². The fourth-order valence-corrected chi connectivity index (χ4v) is 2.95. The molecule has 1 N–H and O–H groups in total. The van der Waals surface area contributed by atoms with Crippen molar-refractivity contribution >= 4 is 17.5 Å². The van der Waals surface area contributed by atoms with E-state index in [-0.39, 0.29) is 24.1 Å². The standard InChI is InChI=1S/C15H17FN2O2/c16-10-4-5-13-11(8-10)12(15(20)17-13)9-14(19)18-6-2-1-3-7-18/h4-5,8,12H,1-3,6-7,9H2,(H,17,20). The average Bonchev–Trinajstić information content (AvgIpc) is 2.76. The number of nitrogens with zero attached hydrogens (tertiary/aromatic N) is 1. The molecule has 2 amide bonds. The van der Waals surface area contributed by atoms with Gasteiger partial charge < -0.3 is 10.2 Å². The van der Waals surface area contributed by atoms with E-state index in [1.165, 1.54) is 12.1 Å². The van der Waals surface area contributed by atoms with Gasteiger partial charge in [0.1, 0.15) is 5.82 Å². The SMILES string of the molecule is O=C1Nc2ccc(F)cc2C1CC(=O)N1CCCCC1. The molecule has 0 radical (unpaired) electrons. The fraction of sp³-hybridized carbons (Fsp3) is 0.467. The molecule has 1 aromatic carbocycles. The largest absolute Gasteiger partial charge is 0.343 e. The monoisotopic (exact) mass is 276 g/mol. The molecule has 0 spiro atoms. The van der Waals surface area contributed by atoms with E-state index in [0.717, 1.165) is 32.4 Å². The first-order chi connectivity index (χ1) is 9.65. The van der Waals surface area contributed by atoms with Gasteiger partial charge in [0.2, 0.25) is 11.8 Å². The Morgan fingerprint density at radius 1 is 1.30 bits per heavy atom. The van der Waals surface area contributed by atoms with Crippen LogP contribution in [0.15, 0.2) is 18.2 Å². The van der Waals surface area contributed by atoms with E-state index in [4.69, 9.17) is 0 Å². The quantitative estimate of drug-likeness (QED) is 0.900. The highest BCUT2D eigenvalue weighted by Crippen LogP contribution is 2.35. The van der Waals surface area contributed by atoms with E-state index in [1.54, 1.807) is 6.07 Å². The summed E-state index contributed by atoms with van der Waals surface area (Å²) in [5.74, 6) is -1.16. The molecule has 0 aromatic heterocycles. The lowest BCUT2D eigenvalue weighted by molar-refractivity contribution is -0.134. The van der Waals surface area contributed by atoms with Gasteiger partial charge in [-0.1, -0.05) is 0 Å². The number of piperidine rings is 1. The van der Waals surface area contributed by atoms with Gasteiger partial charge in [0.25, 0.3) is 0 Å². The number of benzene rings is 1. The van der Waals surface area contributed by atoms with Crippen LogP contribution in [0.1, 0.15) is 37.2 Å². The van der Waals surface area contributed by atoms with Crippen molar-refractivity contribution in [2.45, 2.75) is 31.6 Å². The molecule has 0 aliphatic carbocycles. The molecule has 2 aliphatic heterocycles. The second kappa shape index (κ2) is 5.23. The van der Waals surface area contributed by atoms with E-state index >= 15 is 0 Å². The lowest BCUT2D eigenvalue weighted by Gasteiger charge is -2.27. The van der Waals surface area contributed by atoms with Gasteiger partial charge in [-0.05, 0) is 43.0 Å². The fourth-order valence-electron chi connectivity index (χ4n) is 2.95. The Balaban J connectivity index is 1.76. The molecule has 1 atom stereocenters. The van der Waals surface area contributed by atoms with Crippen LogP contribution >= 0.6 is 0 Å². The van der Waals surface area contributed by atoms with E-state index in [2.05, 4.69) is 5.32 Å². The maximum atomic E-state index is 13.3. The summed E-state index contributed by atoms with van der Waals surface area (Å²) in [5.41, 5.74) is 1.22. The number of hydrogen-bond donors (Lipinski definition) is 1. The highest BCUT2D eigenvalue weighted by atomic mass is 19.1. The molecule has 0 saturated carbocycles. The maximum Gasteiger partial charge on any atom is 0.232 e. The number of carbonyl (C=O) groups is 2. The Bertz CT molecular complexity index is 553. The number of anilines is 1. The third-order valence-electron chi connectivity index (χ3n) is 4.05. The zero-order valence-electron chi connectivity index (χ0n) is 11.2. The van der Waals surface area contributed by atoms with Gasteiger partial charge >= 0.3 is 0 Å². The Morgan fingerprint density at radius 2 is 2.05 bits per heavy atom. The summed E-state index contributed by atoms with van der Waals surface area (Å²) in [4.78, 5) is 26.0. The average molecular weight is 276 g/mol. The van der Waals surface area contributed by atoms with Crippen LogP contribution in [0.3, 0.4) is 0 Å². The van der Waals surface area contributed by atoms with Crippen LogP contribution in [0, 0.1) is 5.82 Å². The number of halogens is 1. The molecule has 3 rings (SSSR count). The Labute approximate surface area is 117 Å². The highest BCUT2D eigenvalue weighted by Gasteiger charge is 2.34. The number of amides is 2. The minimum absolute atomic E-state index is 0.0121. The normalized spacial score (nSPS) is 21.6. The van der Waals surface area contributed by atoms with Crippen molar-refractivity contribution < 1.29 is 14.0 Å². The Kier molecular flexibility index (Phi) is 3.42. The summed E-state index contributed by atoms with van der Waals surface area (Å²) >= 11 is 0. The topological polar surface area (TPSA) is 49.4 Å². The molecule has 1 unspecified atom stereocenters. The first-order valence-corrected chi connectivity index (χ1v) is 7.03. The summed E-state index contributed by atoms with van der Waals surface area (Å²) in [7, 11) is 0. The van der Waals surface area contributed by atoms with Crippen LogP contribution in [0.5, 0.6) is 0 Å². The summed E-state index contributed by atoms with van der Waals surface area (Å²) in [6.45, 7) is 1.53. The second-order valence-corrected chi connectivity index (χ2v) is 5.42. The van der Waals surface area contributed by atoms with Crippen LogP contribution in [0.2, 0.25) is 0 Å². The van der Waals surface area contributed by atoms with Crippen LogP contribution in [-0.4, -0.2) is 29.8 Å². The lowest BCUT2D eigenvalue weighted by atomic mass is 9.96. The van der Waals surface area contributed by atoms with Crippen LogP contribution in [0.25, 0.3) is 0 Å². The van der Waals surface area contributed by atoms with Crippen molar-refractivity contribution in [2.75, 3.05) is 18.4 Å². The first-order valence-electron chi connectivity index (χ1n) is 7.03. The predicted octanol–water partition coefficient (Wildman–Crippen LogP) is 2.26. The van der Waals surface area contributed by atoms with Crippen LogP contribution in [-0.2, 0) is 9.59 Å². The smallest absolute Gasteiger partial charge is 0.232 e. The number of likely N-dealkylation sites (tertiary alicyclic amines) is 1. The summed E-state index contributed by atoms with van der Waals surface area (Å²) in [5, 5.41) is 2.71. The number of fused-ring (bicyclic) bond motifs is 1. The first kappa shape index (κ1) is 13.1. The summed E-state index contributed by atoms with van der Waals surface area (Å²) in [6, 6.07) is 4.21. The van der Waals surface area contributed by atoms with E-state index in [1.807, 2.05) is 4.90 Å². The molecule has 20 heavy (non-hydrogen) atoms. The molecule has 1 aromatic rings.